The number of ether oxygens (including phenoxy) is 2. The first kappa shape index (κ1) is 19.4. The summed E-state index contributed by atoms with van der Waals surface area (Å²) >= 11 is 10.7. The second kappa shape index (κ2) is 8.97. The summed E-state index contributed by atoms with van der Waals surface area (Å²) in [5.74, 6) is 0.941. The Labute approximate surface area is 159 Å². The number of nitro benzene ring substituents is 1. The summed E-state index contributed by atoms with van der Waals surface area (Å²) in [6.07, 6.45) is 1.54. The van der Waals surface area contributed by atoms with Crippen LogP contribution >= 0.6 is 23.8 Å². The highest BCUT2D eigenvalue weighted by molar-refractivity contribution is 7.80. The minimum Gasteiger partial charge on any atom is -0.496 e. The van der Waals surface area contributed by atoms with Crippen molar-refractivity contribution in [1.82, 2.24) is 5.43 Å². The lowest BCUT2D eigenvalue weighted by Gasteiger charge is -2.12. The SMILES string of the molecule is COc1ccc(C=NNC(N)=S)cc1COc1ccc([N+](=O)[O-])cc1Cl. The van der Waals surface area contributed by atoms with Gasteiger partial charge in [0, 0.05) is 17.7 Å². The number of rotatable bonds is 7. The van der Waals surface area contributed by atoms with Crippen molar-refractivity contribution < 1.29 is 14.4 Å². The fourth-order valence-corrected chi connectivity index (χ4v) is 2.32. The molecule has 26 heavy (non-hydrogen) atoms. The molecule has 0 unspecified atom stereocenters. The number of nitro groups is 1. The Kier molecular flexibility index (Phi) is 6.70. The summed E-state index contributed by atoms with van der Waals surface area (Å²) in [5.41, 5.74) is 9.16. The van der Waals surface area contributed by atoms with Crippen LogP contribution in [-0.4, -0.2) is 23.4 Å². The predicted octanol–water partition coefficient (Wildman–Crippen LogP) is 3.00. The van der Waals surface area contributed by atoms with Gasteiger partial charge >= 0.3 is 0 Å². The highest BCUT2D eigenvalue weighted by Gasteiger charge is 2.11. The van der Waals surface area contributed by atoms with Gasteiger partial charge in [-0.05, 0) is 42.0 Å². The first-order valence-corrected chi connectivity index (χ1v) is 8.01. The van der Waals surface area contributed by atoms with E-state index < -0.39 is 4.92 Å². The molecule has 2 rings (SSSR count). The number of nitrogens with zero attached hydrogens (tertiary/aromatic N) is 2. The first-order valence-electron chi connectivity index (χ1n) is 7.23. The lowest BCUT2D eigenvalue weighted by molar-refractivity contribution is -0.384. The maximum Gasteiger partial charge on any atom is 0.271 e. The summed E-state index contributed by atoms with van der Waals surface area (Å²) in [6.45, 7) is 0.144. The maximum atomic E-state index is 10.7. The average Bonchev–Trinajstić information content (AvgIpc) is 2.60. The lowest BCUT2D eigenvalue weighted by Crippen LogP contribution is -2.24. The topological polar surface area (TPSA) is 112 Å². The fourth-order valence-electron chi connectivity index (χ4n) is 2.04. The van der Waals surface area contributed by atoms with E-state index in [9.17, 15) is 10.1 Å². The molecule has 0 fully saturated rings. The third kappa shape index (κ3) is 5.30. The predicted molar refractivity (Wildman–Crippen MR) is 103 cm³/mol. The van der Waals surface area contributed by atoms with Crippen LogP contribution < -0.4 is 20.6 Å². The van der Waals surface area contributed by atoms with Crippen LogP contribution in [-0.2, 0) is 6.61 Å². The van der Waals surface area contributed by atoms with Gasteiger partial charge in [-0.3, -0.25) is 15.5 Å². The summed E-state index contributed by atoms with van der Waals surface area (Å²) < 4.78 is 11.0. The molecule has 8 nitrogen and oxygen atoms in total. The van der Waals surface area contributed by atoms with Crippen molar-refractivity contribution in [3.05, 3.63) is 62.7 Å². The zero-order chi connectivity index (χ0) is 19.1. The summed E-state index contributed by atoms with van der Waals surface area (Å²) in [6, 6.07) is 9.37. The Morgan fingerprint density at radius 2 is 2.12 bits per heavy atom. The monoisotopic (exact) mass is 394 g/mol. The number of benzene rings is 2. The van der Waals surface area contributed by atoms with Crippen molar-refractivity contribution in [3.63, 3.8) is 0 Å². The molecule has 3 N–H and O–H groups in total. The van der Waals surface area contributed by atoms with Crippen LogP contribution in [0.2, 0.25) is 5.02 Å². The van der Waals surface area contributed by atoms with Gasteiger partial charge in [-0.25, -0.2) is 0 Å². The molecule has 0 spiro atoms. The molecule has 0 saturated carbocycles. The molecule has 10 heteroatoms. The van der Waals surface area contributed by atoms with E-state index in [0.29, 0.717) is 11.5 Å². The average molecular weight is 395 g/mol. The third-order valence-electron chi connectivity index (χ3n) is 3.20. The molecular formula is C16H15ClN4O4S. The van der Waals surface area contributed by atoms with Gasteiger partial charge in [0.2, 0.25) is 0 Å². The van der Waals surface area contributed by atoms with E-state index in [1.165, 1.54) is 18.2 Å². The van der Waals surface area contributed by atoms with Crippen LogP contribution in [0.1, 0.15) is 11.1 Å². The van der Waals surface area contributed by atoms with Crippen molar-refractivity contribution in [2.45, 2.75) is 6.61 Å². The molecule has 0 aliphatic carbocycles. The fraction of sp³-hybridized carbons (Fsp3) is 0.125. The largest absolute Gasteiger partial charge is 0.496 e. The molecule has 0 aromatic heterocycles. The van der Waals surface area contributed by atoms with Gasteiger partial charge in [-0.2, -0.15) is 5.10 Å². The Bertz CT molecular complexity index is 860. The summed E-state index contributed by atoms with van der Waals surface area (Å²) in [4.78, 5) is 10.2. The number of hydrazone groups is 1. The Morgan fingerprint density at radius 1 is 1.38 bits per heavy atom. The van der Waals surface area contributed by atoms with Gasteiger partial charge in [0.15, 0.2) is 5.11 Å². The Hall–Kier alpha value is -2.91. The normalized spacial score (nSPS) is 10.5. The maximum absolute atomic E-state index is 10.7. The highest BCUT2D eigenvalue weighted by Crippen LogP contribution is 2.30. The second-order valence-corrected chi connectivity index (χ2v) is 5.81. The van der Waals surface area contributed by atoms with Crippen molar-refractivity contribution in [3.8, 4) is 11.5 Å². The molecule has 0 amide bonds. The lowest BCUT2D eigenvalue weighted by atomic mass is 10.1. The summed E-state index contributed by atoms with van der Waals surface area (Å²) in [7, 11) is 1.54. The van der Waals surface area contributed by atoms with Crippen molar-refractivity contribution in [1.29, 1.82) is 0 Å². The first-order chi connectivity index (χ1) is 12.4. The smallest absolute Gasteiger partial charge is 0.271 e. The molecule has 0 atom stereocenters. The van der Waals surface area contributed by atoms with Crippen LogP contribution in [0.15, 0.2) is 41.5 Å². The molecule has 0 heterocycles. The zero-order valence-corrected chi connectivity index (χ0v) is 15.2. The second-order valence-electron chi connectivity index (χ2n) is 4.97. The van der Waals surface area contributed by atoms with E-state index in [-0.39, 0.29) is 22.4 Å². The van der Waals surface area contributed by atoms with Gasteiger partial charge in [0.1, 0.15) is 18.1 Å². The van der Waals surface area contributed by atoms with Crippen LogP contribution in [0, 0.1) is 10.1 Å². The standard InChI is InChI=1S/C16H15ClN4O4S/c1-24-14-4-2-10(8-19-20-16(18)26)6-11(14)9-25-15-5-3-12(21(22)23)7-13(15)17/h2-8H,9H2,1H3,(H3,18,20,26). The summed E-state index contributed by atoms with van der Waals surface area (Å²) in [5, 5.41) is 14.8. The van der Waals surface area contributed by atoms with Crippen LogP contribution in [0.5, 0.6) is 11.5 Å². The van der Waals surface area contributed by atoms with Crippen LogP contribution in [0.4, 0.5) is 5.69 Å². The number of methoxy groups -OCH3 is 1. The van der Waals surface area contributed by atoms with Crippen molar-refractivity contribution in [2.75, 3.05) is 7.11 Å². The van der Waals surface area contributed by atoms with Gasteiger partial charge < -0.3 is 15.2 Å². The molecule has 0 radical (unpaired) electrons. The number of nitrogens with two attached hydrogens (primary N) is 1. The van der Waals surface area contributed by atoms with Gasteiger partial charge in [-0.1, -0.05) is 11.6 Å². The van der Waals surface area contributed by atoms with E-state index in [2.05, 4.69) is 22.7 Å². The van der Waals surface area contributed by atoms with E-state index in [0.717, 1.165) is 11.1 Å². The molecule has 136 valence electrons. The number of thiocarbonyl (C=S) groups is 1. The van der Waals surface area contributed by atoms with E-state index in [1.807, 2.05) is 6.07 Å². The Morgan fingerprint density at radius 3 is 2.73 bits per heavy atom. The minimum absolute atomic E-state index is 0.0612. The van der Waals surface area contributed by atoms with Gasteiger partial charge in [0.25, 0.3) is 5.69 Å². The van der Waals surface area contributed by atoms with Crippen LogP contribution in [0.25, 0.3) is 0 Å². The highest BCUT2D eigenvalue weighted by atomic mass is 35.5. The van der Waals surface area contributed by atoms with E-state index in [4.69, 9.17) is 26.8 Å². The Balaban J connectivity index is 2.16. The van der Waals surface area contributed by atoms with Gasteiger partial charge in [0.05, 0.1) is 23.3 Å². The number of hydrogen-bond acceptors (Lipinski definition) is 6. The number of non-ortho nitro benzene ring substituents is 1. The van der Waals surface area contributed by atoms with Crippen LogP contribution in [0.3, 0.4) is 0 Å². The van der Waals surface area contributed by atoms with Gasteiger partial charge in [-0.15, -0.1) is 0 Å². The quantitative estimate of drug-likeness (QED) is 0.321. The molecule has 2 aromatic rings. The van der Waals surface area contributed by atoms with Crippen molar-refractivity contribution in [2.24, 2.45) is 10.8 Å². The molecule has 0 bridgehead atoms. The molecule has 0 aliphatic heterocycles. The van der Waals surface area contributed by atoms with Crippen molar-refractivity contribution >= 4 is 40.8 Å². The van der Waals surface area contributed by atoms with E-state index in [1.54, 1.807) is 25.5 Å². The molecule has 2 aromatic carbocycles. The molecular weight excluding hydrogens is 380 g/mol. The zero-order valence-electron chi connectivity index (χ0n) is 13.6. The molecule has 0 saturated heterocycles. The number of halogens is 1. The minimum atomic E-state index is -0.525. The third-order valence-corrected chi connectivity index (χ3v) is 3.59. The number of hydrogen-bond donors (Lipinski definition) is 2. The molecule has 0 aliphatic rings. The van der Waals surface area contributed by atoms with E-state index >= 15 is 0 Å². The number of nitrogens with one attached hydrogen (secondary N) is 1.